The van der Waals surface area contributed by atoms with Gasteiger partial charge in [0, 0.05) is 18.5 Å². The molecule has 1 rings (SSSR count). The molecular weight excluding hydrogens is 214 g/mol. The van der Waals surface area contributed by atoms with Gasteiger partial charge in [-0.3, -0.25) is 0 Å². The number of aromatic nitrogens is 3. The van der Waals surface area contributed by atoms with Gasteiger partial charge in [-0.2, -0.15) is 15.0 Å². The molecule has 0 bridgehead atoms. The van der Waals surface area contributed by atoms with E-state index in [1.165, 1.54) is 0 Å². The lowest BCUT2D eigenvalue weighted by atomic mass is 10.3. The molecule has 0 amide bonds. The van der Waals surface area contributed by atoms with Crippen molar-refractivity contribution in [3.8, 4) is 0 Å². The Morgan fingerprint density at radius 2 is 1.35 bits per heavy atom. The molecular formula is C12H23N5. The Hall–Kier alpha value is -1.39. The molecule has 96 valence electrons. The number of anilines is 2. The third-order valence-corrected chi connectivity index (χ3v) is 1.99. The van der Waals surface area contributed by atoms with Crippen LogP contribution in [0.25, 0.3) is 0 Å². The van der Waals surface area contributed by atoms with E-state index in [0.29, 0.717) is 24.0 Å². The average molecular weight is 237 g/mol. The van der Waals surface area contributed by atoms with Crippen molar-refractivity contribution in [3.63, 3.8) is 0 Å². The fourth-order valence-corrected chi connectivity index (χ4v) is 1.40. The summed E-state index contributed by atoms with van der Waals surface area (Å²) >= 11 is 0. The smallest absolute Gasteiger partial charge is 0.227 e. The minimum Gasteiger partial charge on any atom is -0.352 e. The fraction of sp³-hybridized carbons (Fsp3) is 0.750. The Labute approximate surface area is 103 Å². The van der Waals surface area contributed by atoms with Crippen molar-refractivity contribution in [2.24, 2.45) is 0 Å². The molecule has 0 aliphatic rings. The molecule has 0 saturated heterocycles. The van der Waals surface area contributed by atoms with Crippen molar-refractivity contribution in [3.05, 3.63) is 5.82 Å². The summed E-state index contributed by atoms with van der Waals surface area (Å²) < 4.78 is 0. The minimum absolute atomic E-state index is 0.318. The molecule has 1 aromatic heterocycles. The highest BCUT2D eigenvalue weighted by Crippen LogP contribution is 2.09. The SMILES string of the molecule is CCCc1nc(NC(C)C)nc(NC(C)C)n1. The van der Waals surface area contributed by atoms with Crippen LogP contribution in [0.5, 0.6) is 0 Å². The molecule has 17 heavy (non-hydrogen) atoms. The molecule has 5 heteroatoms. The van der Waals surface area contributed by atoms with E-state index < -0.39 is 0 Å². The first-order valence-electron chi connectivity index (χ1n) is 6.29. The summed E-state index contributed by atoms with van der Waals surface area (Å²) in [5.74, 6) is 2.15. The number of nitrogens with one attached hydrogen (secondary N) is 2. The summed E-state index contributed by atoms with van der Waals surface area (Å²) in [7, 11) is 0. The van der Waals surface area contributed by atoms with Crippen molar-refractivity contribution >= 4 is 11.9 Å². The molecule has 0 aliphatic carbocycles. The zero-order valence-electron chi connectivity index (χ0n) is 11.4. The van der Waals surface area contributed by atoms with Crippen LogP contribution in [-0.4, -0.2) is 27.0 Å². The Morgan fingerprint density at radius 1 is 0.882 bits per heavy atom. The van der Waals surface area contributed by atoms with Gasteiger partial charge in [-0.15, -0.1) is 0 Å². The minimum atomic E-state index is 0.318. The van der Waals surface area contributed by atoms with E-state index in [4.69, 9.17) is 0 Å². The summed E-state index contributed by atoms with van der Waals surface area (Å²) in [5.41, 5.74) is 0. The number of aryl methyl sites for hydroxylation is 1. The van der Waals surface area contributed by atoms with E-state index >= 15 is 0 Å². The topological polar surface area (TPSA) is 62.7 Å². The molecule has 2 N–H and O–H groups in total. The predicted octanol–water partition coefficient (Wildman–Crippen LogP) is 2.46. The van der Waals surface area contributed by atoms with E-state index in [1.807, 2.05) is 0 Å². The molecule has 1 aromatic rings. The first kappa shape index (κ1) is 13.7. The zero-order chi connectivity index (χ0) is 12.8. The molecule has 5 nitrogen and oxygen atoms in total. The number of nitrogens with zero attached hydrogens (tertiary/aromatic N) is 3. The quantitative estimate of drug-likeness (QED) is 0.795. The summed E-state index contributed by atoms with van der Waals surface area (Å²) in [6.45, 7) is 10.4. The summed E-state index contributed by atoms with van der Waals surface area (Å²) in [5, 5.41) is 6.43. The first-order valence-corrected chi connectivity index (χ1v) is 6.29. The predicted molar refractivity (Wildman–Crippen MR) is 71.3 cm³/mol. The zero-order valence-corrected chi connectivity index (χ0v) is 11.4. The maximum absolute atomic E-state index is 4.40. The Bertz CT molecular complexity index is 320. The van der Waals surface area contributed by atoms with Gasteiger partial charge in [0.2, 0.25) is 11.9 Å². The van der Waals surface area contributed by atoms with Crippen molar-refractivity contribution in [2.45, 2.75) is 59.5 Å². The maximum atomic E-state index is 4.40. The third-order valence-electron chi connectivity index (χ3n) is 1.99. The van der Waals surface area contributed by atoms with Gasteiger partial charge in [0.05, 0.1) is 0 Å². The van der Waals surface area contributed by atoms with E-state index in [0.717, 1.165) is 18.7 Å². The van der Waals surface area contributed by atoms with E-state index in [9.17, 15) is 0 Å². The molecule has 0 radical (unpaired) electrons. The Kier molecular flexibility index (Phi) is 5.12. The first-order chi connectivity index (χ1) is 8.01. The standard InChI is InChI=1S/C12H23N5/c1-6-7-10-15-11(13-8(2)3)17-12(16-10)14-9(4)5/h8-9H,6-7H2,1-5H3,(H2,13,14,15,16,17). The van der Waals surface area contributed by atoms with Crippen LogP contribution in [0.15, 0.2) is 0 Å². The van der Waals surface area contributed by atoms with Crippen LogP contribution in [0.4, 0.5) is 11.9 Å². The second-order valence-electron chi connectivity index (χ2n) is 4.75. The largest absolute Gasteiger partial charge is 0.352 e. The third kappa shape index (κ3) is 4.97. The molecule has 0 aromatic carbocycles. The van der Waals surface area contributed by atoms with E-state index in [1.54, 1.807) is 0 Å². The van der Waals surface area contributed by atoms with Gasteiger partial charge in [-0.1, -0.05) is 6.92 Å². The monoisotopic (exact) mass is 237 g/mol. The van der Waals surface area contributed by atoms with E-state index in [2.05, 4.69) is 60.2 Å². The van der Waals surface area contributed by atoms with Crippen LogP contribution in [0.2, 0.25) is 0 Å². The molecule has 1 heterocycles. The average Bonchev–Trinajstić information content (AvgIpc) is 2.14. The number of hydrogen-bond acceptors (Lipinski definition) is 5. The van der Waals surface area contributed by atoms with Crippen LogP contribution in [0.3, 0.4) is 0 Å². The number of hydrogen-bond donors (Lipinski definition) is 2. The van der Waals surface area contributed by atoms with Gasteiger partial charge >= 0.3 is 0 Å². The van der Waals surface area contributed by atoms with Crippen molar-refractivity contribution in [2.75, 3.05) is 10.6 Å². The van der Waals surface area contributed by atoms with Gasteiger partial charge < -0.3 is 10.6 Å². The summed E-state index contributed by atoms with van der Waals surface area (Å²) in [6.07, 6.45) is 1.91. The Morgan fingerprint density at radius 3 is 1.71 bits per heavy atom. The van der Waals surface area contributed by atoms with Crippen molar-refractivity contribution in [1.29, 1.82) is 0 Å². The maximum Gasteiger partial charge on any atom is 0.227 e. The van der Waals surface area contributed by atoms with Gasteiger partial charge in [0.1, 0.15) is 5.82 Å². The highest BCUT2D eigenvalue weighted by molar-refractivity contribution is 5.35. The van der Waals surface area contributed by atoms with Gasteiger partial charge in [-0.05, 0) is 34.1 Å². The summed E-state index contributed by atoms with van der Waals surface area (Å²) in [6, 6.07) is 0.637. The second kappa shape index (κ2) is 6.37. The van der Waals surface area contributed by atoms with Crippen LogP contribution >= 0.6 is 0 Å². The second-order valence-corrected chi connectivity index (χ2v) is 4.75. The molecule has 0 spiro atoms. The Balaban J connectivity index is 2.91. The van der Waals surface area contributed by atoms with Crippen LogP contribution < -0.4 is 10.6 Å². The van der Waals surface area contributed by atoms with Crippen LogP contribution in [0, 0.1) is 0 Å². The number of rotatable bonds is 6. The molecule has 0 saturated carbocycles. The molecule has 0 atom stereocenters. The van der Waals surface area contributed by atoms with Gasteiger partial charge in [-0.25, -0.2) is 0 Å². The lowest BCUT2D eigenvalue weighted by molar-refractivity contribution is 0.788. The van der Waals surface area contributed by atoms with E-state index in [-0.39, 0.29) is 0 Å². The normalized spacial score (nSPS) is 11.0. The highest BCUT2D eigenvalue weighted by atomic mass is 15.2. The summed E-state index contributed by atoms with van der Waals surface area (Å²) in [4.78, 5) is 13.1. The lowest BCUT2D eigenvalue weighted by Crippen LogP contribution is -2.18. The molecule has 0 fully saturated rings. The molecule has 0 unspecified atom stereocenters. The van der Waals surface area contributed by atoms with Gasteiger partial charge in [0.25, 0.3) is 0 Å². The highest BCUT2D eigenvalue weighted by Gasteiger charge is 2.07. The van der Waals surface area contributed by atoms with Crippen molar-refractivity contribution < 1.29 is 0 Å². The van der Waals surface area contributed by atoms with Crippen LogP contribution in [0.1, 0.15) is 46.9 Å². The lowest BCUT2D eigenvalue weighted by Gasteiger charge is -2.13. The molecule has 0 aliphatic heterocycles. The fourth-order valence-electron chi connectivity index (χ4n) is 1.40. The van der Waals surface area contributed by atoms with Gasteiger partial charge in [0.15, 0.2) is 0 Å². The van der Waals surface area contributed by atoms with Crippen LogP contribution in [-0.2, 0) is 6.42 Å². The van der Waals surface area contributed by atoms with Crippen molar-refractivity contribution in [1.82, 2.24) is 15.0 Å².